The molecule has 0 radical (unpaired) electrons. The second kappa shape index (κ2) is 6.44. The van der Waals surface area contributed by atoms with Crippen molar-refractivity contribution in [2.75, 3.05) is 6.79 Å². The van der Waals surface area contributed by atoms with Crippen LogP contribution in [0.5, 0.6) is 11.5 Å². The van der Waals surface area contributed by atoms with Gasteiger partial charge in [-0.1, -0.05) is 18.2 Å². The highest BCUT2D eigenvalue weighted by molar-refractivity contribution is 5.96. The second-order valence-electron chi connectivity index (χ2n) is 6.03. The van der Waals surface area contributed by atoms with E-state index in [2.05, 4.69) is 10.9 Å². The van der Waals surface area contributed by atoms with Crippen molar-refractivity contribution in [3.8, 4) is 11.5 Å². The number of rotatable bonds is 3. The van der Waals surface area contributed by atoms with E-state index in [-0.39, 0.29) is 19.1 Å². The predicted molar refractivity (Wildman–Crippen MR) is 94.8 cm³/mol. The van der Waals surface area contributed by atoms with Gasteiger partial charge in [0.15, 0.2) is 11.5 Å². The summed E-state index contributed by atoms with van der Waals surface area (Å²) in [6.45, 7) is 0.141. The zero-order valence-electron chi connectivity index (χ0n) is 14.1. The van der Waals surface area contributed by atoms with Crippen molar-refractivity contribution in [2.24, 2.45) is 7.05 Å². The number of aryl methyl sites for hydroxylation is 1. The van der Waals surface area contributed by atoms with E-state index in [4.69, 9.17) is 9.47 Å². The van der Waals surface area contributed by atoms with Gasteiger partial charge in [-0.15, -0.1) is 0 Å². The number of carbonyl (C=O) groups excluding carboxylic acids is 2. The van der Waals surface area contributed by atoms with Crippen molar-refractivity contribution in [1.29, 1.82) is 0 Å². The Balaban J connectivity index is 1.40. The molecule has 1 aliphatic rings. The number of ether oxygens (including phenoxy) is 2. The first kappa shape index (κ1) is 16.0. The van der Waals surface area contributed by atoms with Crippen LogP contribution in [-0.4, -0.2) is 23.2 Å². The number of carbonyl (C=O) groups is 2. The molecule has 132 valence electrons. The number of benzene rings is 2. The average Bonchev–Trinajstić information content (AvgIpc) is 3.24. The van der Waals surface area contributed by atoms with E-state index >= 15 is 0 Å². The molecule has 0 atom stereocenters. The molecule has 7 nitrogen and oxygen atoms in total. The van der Waals surface area contributed by atoms with E-state index < -0.39 is 5.91 Å². The topological polar surface area (TPSA) is 81.6 Å². The molecule has 0 bridgehead atoms. The lowest BCUT2D eigenvalue weighted by Crippen LogP contribution is -2.42. The SMILES string of the molecule is Cn1cc(CC(=O)NNC(=O)c2ccc3c(c2)OCO3)c2ccccc21. The Morgan fingerprint density at radius 2 is 1.88 bits per heavy atom. The van der Waals surface area contributed by atoms with Crippen LogP contribution in [0, 0.1) is 0 Å². The maximum atomic E-state index is 12.2. The van der Waals surface area contributed by atoms with Gasteiger partial charge in [0.25, 0.3) is 5.91 Å². The first-order valence-electron chi connectivity index (χ1n) is 8.13. The first-order valence-corrected chi connectivity index (χ1v) is 8.13. The Morgan fingerprint density at radius 1 is 1.08 bits per heavy atom. The highest BCUT2D eigenvalue weighted by atomic mass is 16.7. The van der Waals surface area contributed by atoms with Crippen LogP contribution in [0.25, 0.3) is 10.9 Å². The number of amides is 2. The minimum atomic E-state index is -0.422. The van der Waals surface area contributed by atoms with Crippen molar-refractivity contribution in [1.82, 2.24) is 15.4 Å². The van der Waals surface area contributed by atoms with Gasteiger partial charge in [0.1, 0.15) is 0 Å². The quantitative estimate of drug-likeness (QED) is 0.707. The molecule has 2 aromatic carbocycles. The molecular formula is C19H17N3O4. The largest absolute Gasteiger partial charge is 0.454 e. The van der Waals surface area contributed by atoms with Crippen molar-refractivity contribution in [3.63, 3.8) is 0 Å². The van der Waals surface area contributed by atoms with Gasteiger partial charge < -0.3 is 14.0 Å². The van der Waals surface area contributed by atoms with Crippen molar-refractivity contribution in [3.05, 3.63) is 59.8 Å². The summed E-state index contributed by atoms with van der Waals surface area (Å²) in [5, 5.41) is 1.02. The zero-order chi connectivity index (χ0) is 18.1. The minimum Gasteiger partial charge on any atom is -0.454 e. The van der Waals surface area contributed by atoms with Gasteiger partial charge in [-0.05, 0) is 29.8 Å². The highest BCUT2D eigenvalue weighted by Gasteiger charge is 2.17. The van der Waals surface area contributed by atoms with E-state index in [9.17, 15) is 9.59 Å². The van der Waals surface area contributed by atoms with Crippen molar-refractivity contribution < 1.29 is 19.1 Å². The van der Waals surface area contributed by atoms with Gasteiger partial charge in [-0.3, -0.25) is 20.4 Å². The normalized spacial score (nSPS) is 12.2. The van der Waals surface area contributed by atoms with E-state index in [1.165, 1.54) is 0 Å². The highest BCUT2D eigenvalue weighted by Crippen LogP contribution is 2.32. The second-order valence-corrected chi connectivity index (χ2v) is 6.03. The van der Waals surface area contributed by atoms with Crippen LogP contribution >= 0.6 is 0 Å². The Labute approximate surface area is 149 Å². The molecule has 0 fully saturated rings. The predicted octanol–water partition coefficient (Wildman–Crippen LogP) is 1.91. The van der Waals surface area contributed by atoms with Crippen LogP contribution < -0.4 is 20.3 Å². The van der Waals surface area contributed by atoms with Crippen molar-refractivity contribution in [2.45, 2.75) is 6.42 Å². The molecule has 2 heterocycles. The monoisotopic (exact) mass is 351 g/mol. The van der Waals surface area contributed by atoms with E-state index in [0.717, 1.165) is 16.5 Å². The first-order chi connectivity index (χ1) is 12.6. The van der Waals surface area contributed by atoms with Crippen LogP contribution in [0.2, 0.25) is 0 Å². The van der Waals surface area contributed by atoms with Crippen LogP contribution in [0.1, 0.15) is 15.9 Å². The molecule has 1 aliphatic heterocycles. The molecular weight excluding hydrogens is 334 g/mol. The molecule has 0 saturated carbocycles. The smallest absolute Gasteiger partial charge is 0.269 e. The summed E-state index contributed by atoms with van der Waals surface area (Å²) < 4.78 is 12.4. The van der Waals surface area contributed by atoms with Crippen LogP contribution in [0.4, 0.5) is 0 Å². The number of aromatic nitrogens is 1. The third-order valence-electron chi connectivity index (χ3n) is 4.28. The number of hydrogen-bond acceptors (Lipinski definition) is 4. The lowest BCUT2D eigenvalue weighted by atomic mass is 10.1. The van der Waals surface area contributed by atoms with Crippen LogP contribution in [0.15, 0.2) is 48.7 Å². The lowest BCUT2D eigenvalue weighted by Gasteiger charge is -2.07. The molecule has 2 N–H and O–H groups in total. The fraction of sp³-hybridized carbons (Fsp3) is 0.158. The maximum Gasteiger partial charge on any atom is 0.269 e. The van der Waals surface area contributed by atoms with Gasteiger partial charge in [0.2, 0.25) is 12.7 Å². The Bertz CT molecular complexity index is 1010. The van der Waals surface area contributed by atoms with Gasteiger partial charge in [0.05, 0.1) is 6.42 Å². The lowest BCUT2D eigenvalue weighted by molar-refractivity contribution is -0.121. The fourth-order valence-electron chi connectivity index (χ4n) is 3.02. The van der Waals surface area contributed by atoms with Crippen LogP contribution in [0.3, 0.4) is 0 Å². The third kappa shape index (κ3) is 2.95. The summed E-state index contributed by atoms with van der Waals surface area (Å²) in [5.41, 5.74) is 7.21. The molecule has 26 heavy (non-hydrogen) atoms. The number of hydrazine groups is 1. The van der Waals surface area contributed by atoms with Gasteiger partial charge >= 0.3 is 0 Å². The molecule has 2 amide bonds. The molecule has 7 heteroatoms. The molecule has 0 unspecified atom stereocenters. The number of hydrogen-bond donors (Lipinski definition) is 2. The standard InChI is InChI=1S/C19H17N3O4/c1-22-10-13(14-4-2-3-5-15(14)22)9-18(23)20-21-19(24)12-6-7-16-17(8-12)26-11-25-16/h2-8,10H,9,11H2,1H3,(H,20,23)(H,21,24). The number of nitrogens with zero attached hydrogens (tertiary/aromatic N) is 1. The summed E-state index contributed by atoms with van der Waals surface area (Å²) >= 11 is 0. The summed E-state index contributed by atoms with van der Waals surface area (Å²) in [6.07, 6.45) is 2.09. The molecule has 0 spiro atoms. The van der Waals surface area contributed by atoms with Gasteiger partial charge in [-0.2, -0.15) is 0 Å². The average molecular weight is 351 g/mol. The molecule has 4 rings (SSSR count). The summed E-state index contributed by atoms with van der Waals surface area (Å²) in [6, 6.07) is 12.7. The van der Waals surface area contributed by atoms with E-state index in [1.54, 1.807) is 18.2 Å². The third-order valence-corrected chi connectivity index (χ3v) is 4.28. The molecule has 0 saturated heterocycles. The van der Waals surface area contributed by atoms with Gasteiger partial charge in [-0.25, -0.2) is 0 Å². The molecule has 0 aliphatic carbocycles. The van der Waals surface area contributed by atoms with Gasteiger partial charge in [0, 0.05) is 29.7 Å². The summed E-state index contributed by atoms with van der Waals surface area (Å²) in [5.74, 6) is 0.395. The fourth-order valence-corrected chi connectivity index (χ4v) is 3.02. The Hall–Kier alpha value is -3.48. The Morgan fingerprint density at radius 3 is 2.77 bits per heavy atom. The minimum absolute atomic E-state index is 0.141. The van der Waals surface area contributed by atoms with Crippen LogP contribution in [-0.2, 0) is 18.3 Å². The van der Waals surface area contributed by atoms with Crippen molar-refractivity contribution >= 4 is 22.7 Å². The zero-order valence-corrected chi connectivity index (χ0v) is 14.1. The number of fused-ring (bicyclic) bond motifs is 2. The summed E-state index contributed by atoms with van der Waals surface area (Å²) in [4.78, 5) is 24.4. The summed E-state index contributed by atoms with van der Waals surface area (Å²) in [7, 11) is 1.94. The Kier molecular flexibility index (Phi) is 3.96. The molecule has 1 aromatic heterocycles. The van der Waals surface area contributed by atoms with E-state index in [1.807, 2.05) is 42.1 Å². The van der Waals surface area contributed by atoms with E-state index in [0.29, 0.717) is 17.1 Å². The maximum absolute atomic E-state index is 12.2. The number of nitrogens with one attached hydrogen (secondary N) is 2. The number of para-hydroxylation sites is 1. The molecule has 3 aromatic rings.